The highest BCUT2D eigenvalue weighted by Gasteiger charge is 2.37. The maximum atomic E-state index is 13.3. The Morgan fingerprint density at radius 1 is 0.833 bits per heavy atom. The number of amides is 2. The van der Waals surface area contributed by atoms with Gasteiger partial charge in [-0.1, -0.05) is 54.6 Å². The molecule has 1 N–H and O–H groups in total. The van der Waals surface area contributed by atoms with Gasteiger partial charge >= 0.3 is 6.18 Å². The molecule has 1 aliphatic heterocycles. The summed E-state index contributed by atoms with van der Waals surface area (Å²) in [5, 5.41) is 2.77. The Morgan fingerprint density at radius 3 is 2.14 bits per heavy atom. The van der Waals surface area contributed by atoms with Crippen LogP contribution in [0.25, 0.3) is 11.1 Å². The lowest BCUT2D eigenvalue weighted by Gasteiger charge is -2.37. The van der Waals surface area contributed by atoms with Gasteiger partial charge in [-0.2, -0.15) is 13.2 Å². The summed E-state index contributed by atoms with van der Waals surface area (Å²) in [6.45, 7) is 0.514. The van der Waals surface area contributed by atoms with Gasteiger partial charge in [0.2, 0.25) is 5.91 Å². The number of nitrogens with zero attached hydrogens (tertiary/aromatic N) is 2. The fraction of sp³-hybridized carbons (Fsp3) is 0.222. The van der Waals surface area contributed by atoms with Crippen LogP contribution in [0.15, 0.2) is 78.9 Å². The Morgan fingerprint density at radius 2 is 1.47 bits per heavy atom. The summed E-state index contributed by atoms with van der Waals surface area (Å²) in [5.74, 6) is -1.25. The van der Waals surface area contributed by atoms with Gasteiger partial charge < -0.3 is 15.0 Å². The number of hydrogen-bond donors (Lipinski definition) is 1. The SMILES string of the molecule is O=CC(C(=O)Nc1cccc(-c2ccccc2)c1)N1CCN(C(=O)c2ccccc2C(F)(F)F)CC1. The molecule has 1 heterocycles. The van der Waals surface area contributed by atoms with Crippen LogP contribution in [0.2, 0.25) is 0 Å². The molecule has 4 rings (SSSR count). The fourth-order valence-electron chi connectivity index (χ4n) is 4.23. The Labute approximate surface area is 206 Å². The minimum absolute atomic E-state index is 0.0894. The Kier molecular flexibility index (Phi) is 7.49. The third-order valence-corrected chi connectivity index (χ3v) is 6.09. The zero-order valence-corrected chi connectivity index (χ0v) is 19.2. The van der Waals surface area contributed by atoms with E-state index in [0.29, 0.717) is 12.0 Å². The molecule has 9 heteroatoms. The lowest BCUT2D eigenvalue weighted by atomic mass is 10.0. The van der Waals surface area contributed by atoms with Gasteiger partial charge in [-0.15, -0.1) is 0 Å². The van der Waals surface area contributed by atoms with Gasteiger partial charge in [-0.05, 0) is 35.4 Å². The average molecular weight is 496 g/mol. The molecule has 6 nitrogen and oxygen atoms in total. The van der Waals surface area contributed by atoms with Crippen LogP contribution >= 0.6 is 0 Å². The molecule has 0 aliphatic carbocycles. The molecule has 0 bridgehead atoms. The van der Waals surface area contributed by atoms with E-state index in [-0.39, 0.29) is 26.2 Å². The van der Waals surface area contributed by atoms with Crippen molar-refractivity contribution in [1.82, 2.24) is 9.80 Å². The van der Waals surface area contributed by atoms with Crippen molar-refractivity contribution in [2.45, 2.75) is 12.2 Å². The first-order chi connectivity index (χ1) is 17.3. The van der Waals surface area contributed by atoms with Crippen molar-refractivity contribution in [1.29, 1.82) is 0 Å². The molecule has 3 aromatic rings. The summed E-state index contributed by atoms with van der Waals surface area (Å²) in [4.78, 5) is 40.4. The fourth-order valence-corrected chi connectivity index (χ4v) is 4.23. The molecular formula is C27H24F3N3O3. The molecule has 0 radical (unpaired) electrons. The molecule has 1 atom stereocenters. The van der Waals surface area contributed by atoms with Crippen molar-refractivity contribution in [3.05, 3.63) is 90.0 Å². The lowest BCUT2D eigenvalue weighted by Crippen LogP contribution is -2.55. The van der Waals surface area contributed by atoms with Gasteiger partial charge in [0, 0.05) is 31.9 Å². The predicted octanol–water partition coefficient (Wildman–Crippen LogP) is 4.34. The van der Waals surface area contributed by atoms with Crippen molar-refractivity contribution in [2.75, 3.05) is 31.5 Å². The van der Waals surface area contributed by atoms with E-state index in [1.807, 2.05) is 42.5 Å². The normalized spacial score (nSPS) is 15.2. The highest BCUT2D eigenvalue weighted by atomic mass is 19.4. The topological polar surface area (TPSA) is 69.7 Å². The number of piperazine rings is 1. The van der Waals surface area contributed by atoms with Crippen molar-refractivity contribution >= 4 is 23.8 Å². The minimum atomic E-state index is -4.65. The highest BCUT2D eigenvalue weighted by Crippen LogP contribution is 2.32. The second-order valence-corrected chi connectivity index (χ2v) is 8.39. The summed E-state index contributed by atoms with van der Waals surface area (Å²) in [7, 11) is 0. The number of aldehydes is 1. The van der Waals surface area contributed by atoms with Crippen LogP contribution < -0.4 is 5.32 Å². The van der Waals surface area contributed by atoms with Gasteiger partial charge in [0.25, 0.3) is 5.91 Å². The molecule has 2 amide bonds. The van der Waals surface area contributed by atoms with Gasteiger partial charge in [-0.3, -0.25) is 14.5 Å². The largest absolute Gasteiger partial charge is 0.417 e. The monoisotopic (exact) mass is 495 g/mol. The third kappa shape index (κ3) is 5.63. The second kappa shape index (κ2) is 10.7. The average Bonchev–Trinajstić information content (AvgIpc) is 2.89. The van der Waals surface area contributed by atoms with Crippen molar-refractivity contribution in [2.24, 2.45) is 0 Å². The summed E-state index contributed by atoms with van der Waals surface area (Å²) in [5.41, 5.74) is 1.02. The number of halogens is 3. The first-order valence-corrected chi connectivity index (χ1v) is 11.4. The number of carbonyl (C=O) groups is 3. The van der Waals surface area contributed by atoms with E-state index in [2.05, 4.69) is 5.32 Å². The molecule has 1 unspecified atom stereocenters. The van der Waals surface area contributed by atoms with Crippen molar-refractivity contribution in [3.63, 3.8) is 0 Å². The van der Waals surface area contributed by atoms with Gasteiger partial charge in [0.05, 0.1) is 11.1 Å². The zero-order valence-electron chi connectivity index (χ0n) is 19.2. The quantitative estimate of drug-likeness (QED) is 0.408. The van der Waals surface area contributed by atoms with E-state index in [4.69, 9.17) is 0 Å². The van der Waals surface area contributed by atoms with E-state index >= 15 is 0 Å². The number of hydrogen-bond acceptors (Lipinski definition) is 4. The molecule has 0 spiro atoms. The smallest absolute Gasteiger partial charge is 0.336 e. The van der Waals surface area contributed by atoms with Gasteiger partial charge in [0.15, 0.2) is 0 Å². The van der Waals surface area contributed by atoms with Crippen LogP contribution in [0.4, 0.5) is 18.9 Å². The molecule has 1 saturated heterocycles. The van der Waals surface area contributed by atoms with Crippen LogP contribution in [0.3, 0.4) is 0 Å². The maximum Gasteiger partial charge on any atom is 0.417 e. The molecule has 186 valence electrons. The minimum Gasteiger partial charge on any atom is -0.336 e. The number of anilines is 1. The van der Waals surface area contributed by atoms with E-state index in [0.717, 1.165) is 23.3 Å². The summed E-state index contributed by atoms with van der Waals surface area (Å²) in [6, 6.07) is 20.4. The predicted molar refractivity (Wildman–Crippen MR) is 129 cm³/mol. The van der Waals surface area contributed by atoms with Crippen molar-refractivity contribution < 1.29 is 27.6 Å². The maximum absolute atomic E-state index is 13.3. The van der Waals surface area contributed by atoms with Crippen LogP contribution in [0.1, 0.15) is 15.9 Å². The number of benzene rings is 3. The number of nitrogens with one attached hydrogen (secondary N) is 1. The van der Waals surface area contributed by atoms with Gasteiger partial charge in [0.1, 0.15) is 12.3 Å². The van der Waals surface area contributed by atoms with Crippen LogP contribution in [-0.2, 0) is 15.8 Å². The Balaban J connectivity index is 1.40. The first kappa shape index (κ1) is 25.1. The Hall–Kier alpha value is -3.98. The number of carbonyl (C=O) groups excluding carboxylic acids is 3. The van der Waals surface area contributed by atoms with E-state index in [9.17, 15) is 27.6 Å². The summed E-state index contributed by atoms with van der Waals surface area (Å²) in [6.07, 6.45) is -4.11. The van der Waals surface area contributed by atoms with E-state index < -0.39 is 35.2 Å². The lowest BCUT2D eigenvalue weighted by molar-refractivity contribution is -0.138. The van der Waals surface area contributed by atoms with E-state index in [1.165, 1.54) is 17.0 Å². The number of alkyl halides is 3. The van der Waals surface area contributed by atoms with E-state index in [1.54, 1.807) is 17.0 Å². The molecule has 0 aromatic heterocycles. The zero-order chi connectivity index (χ0) is 25.7. The summed E-state index contributed by atoms with van der Waals surface area (Å²) < 4.78 is 39.9. The van der Waals surface area contributed by atoms with Crippen LogP contribution in [0, 0.1) is 0 Å². The Bertz CT molecular complexity index is 1240. The van der Waals surface area contributed by atoms with Gasteiger partial charge in [-0.25, -0.2) is 0 Å². The standard InChI is InChI=1S/C27H24F3N3O3/c28-27(29,30)23-12-5-4-11-22(23)26(36)33-15-13-32(14-16-33)24(18-34)25(35)31-21-10-6-9-20(17-21)19-7-2-1-3-8-19/h1-12,17-18,24H,13-16H2,(H,31,35). The van der Waals surface area contributed by atoms with Crippen LogP contribution in [-0.4, -0.2) is 60.1 Å². The molecule has 1 fully saturated rings. The molecule has 1 aliphatic rings. The highest BCUT2D eigenvalue weighted by molar-refractivity contribution is 6.04. The second-order valence-electron chi connectivity index (χ2n) is 8.39. The first-order valence-electron chi connectivity index (χ1n) is 11.4. The number of rotatable bonds is 6. The molecule has 36 heavy (non-hydrogen) atoms. The molecule has 0 saturated carbocycles. The van der Waals surface area contributed by atoms with Crippen molar-refractivity contribution in [3.8, 4) is 11.1 Å². The molecule has 3 aromatic carbocycles. The summed E-state index contributed by atoms with van der Waals surface area (Å²) >= 11 is 0. The third-order valence-electron chi connectivity index (χ3n) is 6.09. The molecular weight excluding hydrogens is 471 g/mol. The van der Waals surface area contributed by atoms with Crippen LogP contribution in [0.5, 0.6) is 0 Å².